The standard InChI is InChI=1S/C14H13N3S/c1-10-6-8-11(9-7-10)17(15)14-16-12-4-2-3-5-13(12)18-14/h2-9H,15H2,1H3. The first-order chi connectivity index (χ1) is 8.74. The fourth-order valence-corrected chi connectivity index (χ4v) is 2.69. The van der Waals surface area contributed by atoms with Crippen LogP contribution < -0.4 is 10.9 Å². The van der Waals surface area contributed by atoms with E-state index in [1.165, 1.54) is 5.56 Å². The Morgan fingerprint density at radius 1 is 1.06 bits per heavy atom. The molecule has 0 saturated carbocycles. The molecule has 0 aliphatic heterocycles. The summed E-state index contributed by atoms with van der Waals surface area (Å²) in [6, 6.07) is 16.1. The number of rotatable bonds is 2. The van der Waals surface area contributed by atoms with Gasteiger partial charge in [-0.15, -0.1) is 0 Å². The van der Waals surface area contributed by atoms with Crippen molar-refractivity contribution >= 4 is 32.4 Å². The van der Waals surface area contributed by atoms with E-state index in [1.54, 1.807) is 16.3 Å². The second-order valence-corrected chi connectivity index (χ2v) is 5.18. The molecule has 0 fully saturated rings. The van der Waals surface area contributed by atoms with Crippen LogP contribution in [0.4, 0.5) is 10.8 Å². The number of nitrogens with two attached hydrogens (primary N) is 1. The summed E-state index contributed by atoms with van der Waals surface area (Å²) in [7, 11) is 0. The van der Waals surface area contributed by atoms with Gasteiger partial charge in [0.2, 0.25) is 5.13 Å². The van der Waals surface area contributed by atoms with Gasteiger partial charge in [-0.1, -0.05) is 41.2 Å². The molecule has 90 valence electrons. The monoisotopic (exact) mass is 255 g/mol. The van der Waals surface area contributed by atoms with E-state index >= 15 is 0 Å². The predicted molar refractivity (Wildman–Crippen MR) is 77.1 cm³/mol. The Bertz CT molecular complexity index is 640. The molecule has 4 heteroatoms. The van der Waals surface area contributed by atoms with Crippen LogP contribution >= 0.6 is 11.3 Å². The number of aromatic nitrogens is 1. The summed E-state index contributed by atoms with van der Waals surface area (Å²) in [5.41, 5.74) is 3.15. The fraction of sp³-hybridized carbons (Fsp3) is 0.0714. The highest BCUT2D eigenvalue weighted by Gasteiger charge is 2.10. The number of anilines is 2. The summed E-state index contributed by atoms with van der Waals surface area (Å²) in [6.07, 6.45) is 0. The normalized spacial score (nSPS) is 10.8. The van der Waals surface area contributed by atoms with Crippen LogP contribution in [0.15, 0.2) is 48.5 Å². The number of hydrazine groups is 1. The van der Waals surface area contributed by atoms with Crippen molar-refractivity contribution in [3.05, 3.63) is 54.1 Å². The Hall–Kier alpha value is -1.91. The summed E-state index contributed by atoms with van der Waals surface area (Å²) in [5.74, 6) is 6.11. The SMILES string of the molecule is Cc1ccc(N(N)c2nc3ccccc3s2)cc1. The van der Waals surface area contributed by atoms with E-state index in [1.807, 2.05) is 42.5 Å². The minimum atomic E-state index is 0.806. The lowest BCUT2D eigenvalue weighted by Gasteiger charge is -2.14. The van der Waals surface area contributed by atoms with Gasteiger partial charge in [0, 0.05) is 0 Å². The molecule has 0 aliphatic carbocycles. The van der Waals surface area contributed by atoms with Gasteiger partial charge in [0.25, 0.3) is 0 Å². The van der Waals surface area contributed by atoms with E-state index in [4.69, 9.17) is 5.84 Å². The highest BCUT2D eigenvalue weighted by atomic mass is 32.1. The number of aryl methyl sites for hydroxylation is 1. The number of hydrogen-bond donors (Lipinski definition) is 1. The third kappa shape index (κ3) is 1.96. The molecule has 0 bridgehead atoms. The molecule has 3 aromatic rings. The zero-order valence-electron chi connectivity index (χ0n) is 10.00. The summed E-state index contributed by atoms with van der Waals surface area (Å²) < 4.78 is 1.15. The third-order valence-corrected chi connectivity index (χ3v) is 3.84. The lowest BCUT2D eigenvalue weighted by atomic mass is 10.2. The van der Waals surface area contributed by atoms with Gasteiger partial charge in [0.15, 0.2) is 0 Å². The molecule has 1 heterocycles. The summed E-state index contributed by atoms with van der Waals surface area (Å²) in [6.45, 7) is 2.06. The van der Waals surface area contributed by atoms with Crippen molar-refractivity contribution in [1.29, 1.82) is 0 Å². The van der Waals surface area contributed by atoms with E-state index in [0.717, 1.165) is 21.0 Å². The average Bonchev–Trinajstić information content (AvgIpc) is 2.82. The number of thiazole rings is 1. The molecule has 0 radical (unpaired) electrons. The van der Waals surface area contributed by atoms with Crippen LogP contribution in [-0.2, 0) is 0 Å². The number of para-hydroxylation sites is 1. The molecule has 1 aromatic heterocycles. The molecule has 0 spiro atoms. The lowest BCUT2D eigenvalue weighted by molar-refractivity contribution is 1.07. The van der Waals surface area contributed by atoms with E-state index in [0.29, 0.717) is 0 Å². The lowest BCUT2D eigenvalue weighted by Crippen LogP contribution is -2.24. The number of fused-ring (bicyclic) bond motifs is 1. The largest absolute Gasteiger partial charge is 0.254 e. The van der Waals surface area contributed by atoms with Crippen LogP contribution in [0.2, 0.25) is 0 Å². The predicted octanol–water partition coefficient (Wildman–Crippen LogP) is 3.62. The molecule has 0 amide bonds. The molecule has 0 atom stereocenters. The van der Waals surface area contributed by atoms with Crippen LogP contribution in [0.1, 0.15) is 5.56 Å². The Morgan fingerprint density at radius 3 is 2.50 bits per heavy atom. The molecule has 3 rings (SSSR count). The highest BCUT2D eigenvalue weighted by molar-refractivity contribution is 7.22. The van der Waals surface area contributed by atoms with Crippen LogP contribution in [0.5, 0.6) is 0 Å². The van der Waals surface area contributed by atoms with Crippen molar-refractivity contribution in [3.8, 4) is 0 Å². The first-order valence-electron chi connectivity index (χ1n) is 5.71. The van der Waals surface area contributed by atoms with Gasteiger partial charge in [0.1, 0.15) is 0 Å². The minimum Gasteiger partial charge on any atom is -0.254 e. The first-order valence-corrected chi connectivity index (χ1v) is 6.53. The van der Waals surface area contributed by atoms with E-state index < -0.39 is 0 Å². The van der Waals surface area contributed by atoms with Gasteiger partial charge >= 0.3 is 0 Å². The zero-order valence-corrected chi connectivity index (χ0v) is 10.8. The molecular formula is C14H13N3S. The smallest absolute Gasteiger partial charge is 0.205 e. The molecule has 0 saturated heterocycles. The Morgan fingerprint density at radius 2 is 1.78 bits per heavy atom. The Kier molecular flexibility index (Phi) is 2.74. The molecule has 0 unspecified atom stereocenters. The van der Waals surface area contributed by atoms with Crippen molar-refractivity contribution in [3.63, 3.8) is 0 Å². The Labute approximate surface area is 109 Å². The fourth-order valence-electron chi connectivity index (χ4n) is 1.78. The van der Waals surface area contributed by atoms with Gasteiger partial charge in [-0.25, -0.2) is 10.8 Å². The van der Waals surface area contributed by atoms with E-state index in [2.05, 4.69) is 18.0 Å². The van der Waals surface area contributed by atoms with Gasteiger partial charge in [0.05, 0.1) is 15.9 Å². The molecule has 0 aliphatic rings. The quantitative estimate of drug-likeness (QED) is 0.562. The molecule has 2 aromatic carbocycles. The Balaban J connectivity index is 2.00. The van der Waals surface area contributed by atoms with E-state index in [-0.39, 0.29) is 0 Å². The first kappa shape index (κ1) is 11.2. The molecule has 3 nitrogen and oxygen atoms in total. The summed E-state index contributed by atoms with van der Waals surface area (Å²) >= 11 is 1.59. The maximum absolute atomic E-state index is 6.11. The number of hydrogen-bond acceptors (Lipinski definition) is 4. The van der Waals surface area contributed by atoms with Crippen molar-refractivity contribution in [1.82, 2.24) is 4.98 Å². The maximum atomic E-state index is 6.11. The van der Waals surface area contributed by atoms with Gasteiger partial charge in [-0.05, 0) is 31.2 Å². The van der Waals surface area contributed by atoms with Gasteiger partial charge in [-0.2, -0.15) is 0 Å². The van der Waals surface area contributed by atoms with Gasteiger partial charge < -0.3 is 0 Å². The molecule has 2 N–H and O–H groups in total. The van der Waals surface area contributed by atoms with Crippen LogP contribution in [0.25, 0.3) is 10.2 Å². The van der Waals surface area contributed by atoms with Crippen molar-refractivity contribution < 1.29 is 0 Å². The van der Waals surface area contributed by atoms with Crippen LogP contribution in [0, 0.1) is 6.92 Å². The minimum absolute atomic E-state index is 0.806. The molecular weight excluding hydrogens is 242 g/mol. The third-order valence-electron chi connectivity index (χ3n) is 2.80. The van der Waals surface area contributed by atoms with Crippen molar-refractivity contribution in [2.75, 3.05) is 5.01 Å². The average molecular weight is 255 g/mol. The van der Waals surface area contributed by atoms with E-state index in [9.17, 15) is 0 Å². The van der Waals surface area contributed by atoms with Crippen molar-refractivity contribution in [2.45, 2.75) is 6.92 Å². The van der Waals surface area contributed by atoms with Gasteiger partial charge in [-0.3, -0.25) is 5.01 Å². The second-order valence-electron chi connectivity index (χ2n) is 4.17. The van der Waals surface area contributed by atoms with Crippen molar-refractivity contribution in [2.24, 2.45) is 5.84 Å². The number of nitrogens with zero attached hydrogens (tertiary/aromatic N) is 2. The number of benzene rings is 2. The zero-order chi connectivity index (χ0) is 12.5. The van der Waals surface area contributed by atoms with Crippen LogP contribution in [-0.4, -0.2) is 4.98 Å². The molecule has 18 heavy (non-hydrogen) atoms. The second kappa shape index (κ2) is 4.40. The summed E-state index contributed by atoms with van der Waals surface area (Å²) in [4.78, 5) is 4.53. The topological polar surface area (TPSA) is 42.1 Å². The van der Waals surface area contributed by atoms with Crippen LogP contribution in [0.3, 0.4) is 0 Å². The summed E-state index contributed by atoms with van der Waals surface area (Å²) in [5, 5.41) is 2.43. The maximum Gasteiger partial charge on any atom is 0.205 e. The highest BCUT2D eigenvalue weighted by Crippen LogP contribution is 2.30.